The third-order valence-electron chi connectivity index (χ3n) is 5.80. The highest BCUT2D eigenvalue weighted by molar-refractivity contribution is 7.92. The second kappa shape index (κ2) is 9.38. The van der Waals surface area contributed by atoms with E-state index in [2.05, 4.69) is 4.98 Å². The first-order valence-corrected chi connectivity index (χ1v) is 11.9. The summed E-state index contributed by atoms with van der Waals surface area (Å²) in [6.07, 6.45) is 2.18. The zero-order valence-corrected chi connectivity index (χ0v) is 18.9. The van der Waals surface area contributed by atoms with Gasteiger partial charge in [0.2, 0.25) is 0 Å². The van der Waals surface area contributed by atoms with Gasteiger partial charge in [0.05, 0.1) is 17.2 Å². The molecule has 0 fully saturated rings. The summed E-state index contributed by atoms with van der Waals surface area (Å²) < 4.78 is 38.0. The van der Waals surface area contributed by atoms with E-state index < -0.39 is 31.9 Å². The van der Waals surface area contributed by atoms with Gasteiger partial charge in [0.25, 0.3) is 11.5 Å². The average molecular weight is 478 g/mol. The number of carbonyl (C=O) groups excluding carboxylic acids is 1. The highest BCUT2D eigenvalue weighted by atomic mass is 32.2. The molecule has 0 radical (unpaired) electrons. The molecule has 1 amide bonds. The van der Waals surface area contributed by atoms with E-state index in [1.54, 1.807) is 24.3 Å². The number of sulfone groups is 1. The summed E-state index contributed by atoms with van der Waals surface area (Å²) in [7, 11) is -3.91. The number of hydrogen-bond donors (Lipinski definition) is 3. The van der Waals surface area contributed by atoms with Crippen LogP contribution in [0.1, 0.15) is 18.9 Å². The summed E-state index contributed by atoms with van der Waals surface area (Å²) in [5.74, 6) is -1.56. The van der Waals surface area contributed by atoms with Crippen LogP contribution in [0.25, 0.3) is 22.0 Å². The molecule has 1 heterocycles. The van der Waals surface area contributed by atoms with Gasteiger partial charge in [-0.15, -0.1) is 0 Å². The molecule has 0 bridgehead atoms. The number of halogens is 1. The van der Waals surface area contributed by atoms with E-state index in [0.29, 0.717) is 28.6 Å². The van der Waals surface area contributed by atoms with E-state index >= 15 is 0 Å². The lowest BCUT2D eigenvalue weighted by Gasteiger charge is -2.25. The molecule has 0 aliphatic carbocycles. The van der Waals surface area contributed by atoms with Crippen molar-refractivity contribution in [2.45, 2.75) is 31.1 Å². The molecule has 1 aromatic heterocycles. The van der Waals surface area contributed by atoms with Gasteiger partial charge in [0.1, 0.15) is 5.82 Å². The van der Waals surface area contributed by atoms with E-state index in [9.17, 15) is 22.4 Å². The molecular formula is C22H24FN3O6S. The molecule has 1 atom stereocenters. The lowest BCUT2D eigenvalue weighted by Crippen LogP contribution is -2.50. The Morgan fingerprint density at radius 1 is 1.24 bits per heavy atom. The van der Waals surface area contributed by atoms with Crippen molar-refractivity contribution >= 4 is 26.6 Å². The van der Waals surface area contributed by atoms with Crippen molar-refractivity contribution in [1.29, 1.82) is 0 Å². The Hall–Kier alpha value is -3.15. The predicted octanol–water partition coefficient (Wildman–Crippen LogP) is 1.44. The lowest BCUT2D eigenvalue weighted by molar-refractivity contribution is -0.131. The van der Waals surface area contributed by atoms with Gasteiger partial charge in [-0.3, -0.25) is 19.4 Å². The summed E-state index contributed by atoms with van der Waals surface area (Å²) in [5, 5.41) is 18.2. The first kappa shape index (κ1) is 24.5. The Labute approximate surface area is 189 Å². The summed E-state index contributed by atoms with van der Waals surface area (Å²) >= 11 is 0. The van der Waals surface area contributed by atoms with Crippen molar-refractivity contribution in [3.63, 3.8) is 0 Å². The van der Waals surface area contributed by atoms with Gasteiger partial charge < -0.3 is 5.11 Å². The second-order valence-electron chi connectivity index (χ2n) is 7.96. The third kappa shape index (κ3) is 4.80. The quantitative estimate of drug-likeness (QED) is 0.330. The van der Waals surface area contributed by atoms with Crippen LogP contribution in [0.4, 0.5) is 4.39 Å². The van der Waals surface area contributed by atoms with Crippen LogP contribution in [0.3, 0.4) is 0 Å². The molecule has 0 spiro atoms. The molecule has 33 heavy (non-hydrogen) atoms. The number of fused-ring (bicyclic) bond motifs is 1. The smallest absolute Gasteiger partial charge is 0.264 e. The number of aryl methyl sites for hydroxylation is 1. The zero-order valence-electron chi connectivity index (χ0n) is 18.1. The fraction of sp³-hybridized carbons (Fsp3) is 0.318. The maximum Gasteiger partial charge on any atom is 0.264 e. The molecule has 0 unspecified atom stereocenters. The summed E-state index contributed by atoms with van der Waals surface area (Å²) in [5.41, 5.74) is 2.74. The molecule has 9 nitrogen and oxygen atoms in total. The summed E-state index contributed by atoms with van der Waals surface area (Å²) in [4.78, 5) is 29.1. The molecule has 2 aromatic carbocycles. The number of aliphatic hydroxyl groups excluding tert-OH is 1. The number of carbonyl (C=O) groups is 1. The van der Waals surface area contributed by atoms with Crippen LogP contribution in [0, 0.1) is 5.82 Å². The molecule has 0 saturated heterocycles. The van der Waals surface area contributed by atoms with Crippen molar-refractivity contribution in [2.24, 2.45) is 0 Å². The van der Waals surface area contributed by atoms with Crippen LogP contribution in [-0.4, -0.2) is 51.8 Å². The first-order chi connectivity index (χ1) is 15.5. The van der Waals surface area contributed by atoms with E-state index in [0.717, 1.165) is 6.26 Å². The number of hydrogen-bond acceptors (Lipinski definition) is 7. The highest BCUT2D eigenvalue weighted by Crippen LogP contribution is 2.26. The van der Waals surface area contributed by atoms with Gasteiger partial charge in [0, 0.05) is 25.0 Å². The fourth-order valence-electron chi connectivity index (χ4n) is 3.48. The number of aromatic nitrogens is 2. The van der Waals surface area contributed by atoms with Gasteiger partial charge in [-0.25, -0.2) is 23.3 Å². The number of aliphatic hydroxyl groups is 1. The van der Waals surface area contributed by atoms with Crippen LogP contribution in [-0.2, 0) is 27.6 Å². The molecule has 0 saturated carbocycles. The minimum Gasteiger partial charge on any atom is -0.396 e. The molecule has 11 heteroatoms. The zero-order chi connectivity index (χ0) is 24.4. The number of benzene rings is 2. The minimum atomic E-state index is -3.91. The summed E-state index contributed by atoms with van der Waals surface area (Å²) in [6.45, 7) is 0.945. The first-order valence-electron chi connectivity index (χ1n) is 10.0. The normalized spacial score (nSPS) is 13.6. The van der Waals surface area contributed by atoms with Crippen molar-refractivity contribution in [2.75, 3.05) is 12.9 Å². The molecule has 0 aliphatic rings. The maximum absolute atomic E-state index is 14.5. The third-order valence-corrected chi connectivity index (χ3v) is 7.83. The van der Waals surface area contributed by atoms with E-state index in [1.807, 2.05) is 0 Å². The van der Waals surface area contributed by atoms with Crippen LogP contribution in [0.2, 0.25) is 0 Å². The Bertz CT molecular complexity index is 1370. The molecular weight excluding hydrogens is 453 g/mol. The highest BCUT2D eigenvalue weighted by Gasteiger charge is 2.43. The Morgan fingerprint density at radius 3 is 2.58 bits per heavy atom. The fourth-order valence-corrected chi connectivity index (χ4v) is 4.33. The Morgan fingerprint density at radius 2 is 1.97 bits per heavy atom. The maximum atomic E-state index is 14.5. The predicted molar refractivity (Wildman–Crippen MR) is 120 cm³/mol. The van der Waals surface area contributed by atoms with Gasteiger partial charge in [-0.2, -0.15) is 0 Å². The molecule has 0 aliphatic heterocycles. The van der Waals surface area contributed by atoms with Crippen LogP contribution in [0.15, 0.2) is 47.5 Å². The van der Waals surface area contributed by atoms with Crippen molar-refractivity contribution in [1.82, 2.24) is 15.0 Å². The number of rotatable bonds is 8. The second-order valence-corrected chi connectivity index (χ2v) is 10.4. The van der Waals surface area contributed by atoms with Crippen LogP contribution < -0.4 is 11.0 Å². The van der Waals surface area contributed by atoms with Gasteiger partial charge >= 0.3 is 0 Å². The van der Waals surface area contributed by atoms with Crippen LogP contribution in [0.5, 0.6) is 0 Å². The number of nitrogens with one attached hydrogen (secondary N) is 1. The largest absolute Gasteiger partial charge is 0.396 e. The Balaban J connectivity index is 1.94. The van der Waals surface area contributed by atoms with Gasteiger partial charge in [0.15, 0.2) is 14.6 Å². The molecule has 3 rings (SSSR count). The topological polar surface area (TPSA) is 139 Å². The minimum absolute atomic E-state index is 0.0844. The van der Waals surface area contributed by atoms with E-state index in [1.165, 1.54) is 35.4 Å². The summed E-state index contributed by atoms with van der Waals surface area (Å²) in [6, 6.07) is 9.33. The van der Waals surface area contributed by atoms with Crippen LogP contribution >= 0.6 is 0 Å². The van der Waals surface area contributed by atoms with Crippen molar-refractivity contribution in [3.05, 3.63) is 64.5 Å². The molecule has 3 aromatic rings. The molecule has 176 valence electrons. The Kier molecular flexibility index (Phi) is 6.96. The standard InChI is InChI=1S/C22H24FN3O6S/c1-22(21(29)25-30,33(2,31)32)8-9-26-13-24-19-12-15(4-6-17(19)20(26)28)16-5-3-14(7-10-27)11-18(16)23/h3-6,11-13,27,30H,7-10H2,1-2H3,(H,25,29)/t22-/m1/s1. The number of hydroxylamine groups is 1. The van der Waals surface area contributed by atoms with Gasteiger partial charge in [-0.1, -0.05) is 18.2 Å². The van der Waals surface area contributed by atoms with Gasteiger partial charge in [-0.05, 0) is 49.1 Å². The number of amides is 1. The van der Waals surface area contributed by atoms with Crippen molar-refractivity contribution in [3.8, 4) is 11.1 Å². The average Bonchev–Trinajstić information content (AvgIpc) is 2.77. The monoisotopic (exact) mass is 477 g/mol. The lowest BCUT2D eigenvalue weighted by atomic mass is 10.0. The van der Waals surface area contributed by atoms with E-state index in [-0.39, 0.29) is 25.0 Å². The SMILES string of the molecule is C[C@@](CCn1cnc2cc(-c3ccc(CCO)cc3F)ccc2c1=O)(C(=O)NO)S(C)(=O)=O. The number of nitrogens with zero attached hydrogens (tertiary/aromatic N) is 2. The van der Waals surface area contributed by atoms with E-state index in [4.69, 9.17) is 10.3 Å². The van der Waals surface area contributed by atoms with Crippen molar-refractivity contribution < 1.29 is 27.9 Å². The molecule has 3 N–H and O–H groups in total.